The number of benzene rings is 2. The molecule has 0 radical (unpaired) electrons. The number of amides is 1. The minimum Gasteiger partial charge on any atom is -0.411 e. The molecular formula is C18H15F2N3O4S. The summed E-state index contributed by atoms with van der Waals surface area (Å²) in [6.07, 6.45) is 0.0180. The third-order valence-electron chi connectivity index (χ3n) is 3.70. The minimum atomic E-state index is -3.91. The Bertz CT molecular complexity index is 1060. The van der Waals surface area contributed by atoms with Crippen molar-refractivity contribution >= 4 is 15.7 Å². The number of aromatic nitrogens is 2. The Morgan fingerprint density at radius 3 is 2.11 bits per heavy atom. The van der Waals surface area contributed by atoms with E-state index in [2.05, 4.69) is 15.5 Å². The third-order valence-corrected chi connectivity index (χ3v) is 5.11. The fourth-order valence-electron chi connectivity index (χ4n) is 2.32. The van der Waals surface area contributed by atoms with Gasteiger partial charge in [-0.1, -0.05) is 29.4 Å². The summed E-state index contributed by atoms with van der Waals surface area (Å²) in [5, 5.41) is 9.04. The molecule has 1 N–H and O–H groups in total. The van der Waals surface area contributed by atoms with E-state index in [4.69, 9.17) is 4.42 Å². The van der Waals surface area contributed by atoms with Crippen LogP contribution in [0.25, 0.3) is 0 Å². The van der Waals surface area contributed by atoms with Gasteiger partial charge in [-0.05, 0) is 35.4 Å². The van der Waals surface area contributed by atoms with E-state index in [9.17, 15) is 22.0 Å². The first kappa shape index (κ1) is 19.6. The Labute approximate surface area is 159 Å². The molecular weight excluding hydrogens is 392 g/mol. The monoisotopic (exact) mass is 407 g/mol. The van der Waals surface area contributed by atoms with E-state index in [1.165, 1.54) is 36.4 Å². The van der Waals surface area contributed by atoms with Gasteiger partial charge in [-0.3, -0.25) is 4.79 Å². The van der Waals surface area contributed by atoms with Crippen LogP contribution in [-0.4, -0.2) is 24.5 Å². The maximum atomic E-state index is 12.9. The van der Waals surface area contributed by atoms with Gasteiger partial charge in [0.05, 0.1) is 18.7 Å². The summed E-state index contributed by atoms with van der Waals surface area (Å²) in [6.45, 7) is -0.154. The highest BCUT2D eigenvalue weighted by molar-refractivity contribution is 7.90. The molecule has 0 saturated carbocycles. The van der Waals surface area contributed by atoms with Gasteiger partial charge in [0.15, 0.2) is 0 Å². The molecule has 10 heteroatoms. The first-order valence-corrected chi connectivity index (χ1v) is 9.78. The molecule has 0 aliphatic rings. The zero-order valence-corrected chi connectivity index (χ0v) is 15.2. The van der Waals surface area contributed by atoms with Crippen molar-refractivity contribution in [3.63, 3.8) is 0 Å². The Morgan fingerprint density at radius 2 is 1.50 bits per heavy atom. The van der Waals surface area contributed by atoms with Crippen LogP contribution in [0, 0.1) is 11.6 Å². The van der Waals surface area contributed by atoms with Crippen LogP contribution < -0.4 is 5.32 Å². The molecule has 1 heterocycles. The molecule has 2 aromatic carbocycles. The molecule has 7 nitrogen and oxygen atoms in total. The molecule has 0 spiro atoms. The van der Waals surface area contributed by atoms with Gasteiger partial charge in [0.25, 0.3) is 0 Å². The van der Waals surface area contributed by atoms with Crippen molar-refractivity contribution in [2.45, 2.75) is 23.9 Å². The molecule has 0 aliphatic carbocycles. The van der Waals surface area contributed by atoms with Crippen LogP contribution in [0.15, 0.2) is 58.2 Å². The van der Waals surface area contributed by atoms with Gasteiger partial charge in [-0.15, -0.1) is 5.10 Å². The maximum absolute atomic E-state index is 12.9. The number of hydrogen-bond donors (Lipinski definition) is 1. The molecule has 3 rings (SSSR count). The van der Waals surface area contributed by atoms with Crippen molar-refractivity contribution in [3.8, 4) is 0 Å². The molecule has 146 valence electrons. The molecule has 0 bridgehead atoms. The van der Waals surface area contributed by atoms with E-state index in [0.29, 0.717) is 11.1 Å². The number of sulfone groups is 1. The molecule has 0 saturated heterocycles. The summed E-state index contributed by atoms with van der Waals surface area (Å²) < 4.78 is 55.5. The van der Waals surface area contributed by atoms with Crippen molar-refractivity contribution in [3.05, 3.63) is 77.2 Å². The predicted octanol–water partition coefficient (Wildman–Crippen LogP) is 2.18. The fraction of sp³-hybridized carbons (Fsp3) is 0.167. The van der Waals surface area contributed by atoms with Crippen molar-refractivity contribution in [1.29, 1.82) is 0 Å². The average molecular weight is 407 g/mol. The van der Waals surface area contributed by atoms with Gasteiger partial charge in [0.1, 0.15) is 11.6 Å². The standard InChI is InChI=1S/C18H15F2N3O4S/c19-14-5-1-12(2-6-14)9-16(24)21-10-17-22-23-18(27-17)28(25,26)11-13-3-7-15(20)8-4-13/h1-8H,9-11H2,(H,21,24). The molecule has 0 aliphatic heterocycles. The molecule has 1 amide bonds. The largest absolute Gasteiger partial charge is 0.411 e. The first-order valence-electron chi connectivity index (χ1n) is 8.12. The number of nitrogens with zero attached hydrogens (tertiary/aromatic N) is 2. The quantitative estimate of drug-likeness (QED) is 0.644. The van der Waals surface area contributed by atoms with Crippen molar-refractivity contribution in [2.75, 3.05) is 0 Å². The van der Waals surface area contributed by atoms with Crippen molar-refractivity contribution in [1.82, 2.24) is 15.5 Å². The summed E-state index contributed by atoms with van der Waals surface area (Å²) >= 11 is 0. The molecule has 1 aromatic heterocycles. The van der Waals surface area contributed by atoms with Crippen LogP contribution >= 0.6 is 0 Å². The smallest absolute Gasteiger partial charge is 0.335 e. The average Bonchev–Trinajstić information content (AvgIpc) is 3.14. The molecule has 0 unspecified atom stereocenters. The summed E-state index contributed by atoms with van der Waals surface area (Å²) in [6, 6.07) is 10.5. The summed E-state index contributed by atoms with van der Waals surface area (Å²) in [4.78, 5) is 11.9. The van der Waals surface area contributed by atoms with Crippen molar-refractivity contribution < 1.29 is 26.4 Å². The van der Waals surface area contributed by atoms with E-state index < -0.39 is 32.4 Å². The molecule has 28 heavy (non-hydrogen) atoms. The lowest BCUT2D eigenvalue weighted by molar-refractivity contribution is -0.120. The van der Waals surface area contributed by atoms with Crippen LogP contribution in [-0.2, 0) is 33.4 Å². The fourth-order valence-corrected chi connectivity index (χ4v) is 3.46. The Balaban J connectivity index is 1.57. The Hall–Kier alpha value is -3.14. The van der Waals surface area contributed by atoms with Gasteiger partial charge in [0, 0.05) is 0 Å². The minimum absolute atomic E-state index is 0.0180. The molecule has 0 atom stereocenters. The van der Waals surface area contributed by atoms with E-state index in [1.54, 1.807) is 0 Å². The van der Waals surface area contributed by atoms with E-state index >= 15 is 0 Å². The van der Waals surface area contributed by atoms with E-state index in [1.807, 2.05) is 0 Å². The van der Waals surface area contributed by atoms with Crippen LogP contribution in [0.2, 0.25) is 0 Å². The van der Waals surface area contributed by atoms with Gasteiger partial charge >= 0.3 is 5.22 Å². The normalized spacial score (nSPS) is 11.4. The van der Waals surface area contributed by atoms with Crippen LogP contribution in [0.5, 0.6) is 0 Å². The zero-order valence-electron chi connectivity index (χ0n) is 14.4. The SMILES string of the molecule is O=C(Cc1ccc(F)cc1)NCc1nnc(S(=O)(=O)Cc2ccc(F)cc2)o1. The van der Waals surface area contributed by atoms with Gasteiger partial charge in [0.2, 0.25) is 21.6 Å². The number of hydrogen-bond acceptors (Lipinski definition) is 6. The Kier molecular flexibility index (Phi) is 5.78. The second-order valence-corrected chi connectivity index (χ2v) is 7.79. The van der Waals surface area contributed by atoms with Crippen LogP contribution in [0.1, 0.15) is 17.0 Å². The lowest BCUT2D eigenvalue weighted by Crippen LogP contribution is -2.24. The second kappa shape index (κ2) is 8.26. The molecule has 3 aromatic rings. The Morgan fingerprint density at radius 1 is 0.929 bits per heavy atom. The van der Waals surface area contributed by atoms with Gasteiger partial charge in [-0.25, -0.2) is 17.2 Å². The summed E-state index contributed by atoms with van der Waals surface area (Å²) in [7, 11) is -3.91. The first-order chi connectivity index (χ1) is 13.3. The van der Waals surface area contributed by atoms with Gasteiger partial charge < -0.3 is 9.73 Å². The third kappa shape index (κ3) is 5.19. The highest BCUT2D eigenvalue weighted by atomic mass is 32.2. The van der Waals surface area contributed by atoms with E-state index in [0.717, 1.165) is 12.1 Å². The number of carbonyl (C=O) groups is 1. The topological polar surface area (TPSA) is 102 Å². The van der Waals surface area contributed by atoms with Crippen LogP contribution in [0.4, 0.5) is 8.78 Å². The zero-order chi connectivity index (χ0) is 20.1. The number of halogens is 2. The highest BCUT2D eigenvalue weighted by Crippen LogP contribution is 2.16. The summed E-state index contributed by atoms with van der Waals surface area (Å²) in [5.41, 5.74) is 0.987. The van der Waals surface area contributed by atoms with Crippen molar-refractivity contribution in [2.24, 2.45) is 0 Å². The number of rotatable bonds is 7. The molecule has 0 fully saturated rings. The van der Waals surface area contributed by atoms with Crippen LogP contribution in [0.3, 0.4) is 0 Å². The number of nitrogens with one attached hydrogen (secondary N) is 1. The second-order valence-electron chi connectivity index (χ2n) is 5.93. The lowest BCUT2D eigenvalue weighted by atomic mass is 10.1. The van der Waals surface area contributed by atoms with E-state index in [-0.39, 0.29) is 24.8 Å². The number of carbonyl (C=O) groups excluding carboxylic acids is 1. The highest BCUT2D eigenvalue weighted by Gasteiger charge is 2.23. The lowest BCUT2D eigenvalue weighted by Gasteiger charge is -2.03. The predicted molar refractivity (Wildman–Crippen MR) is 93.5 cm³/mol. The summed E-state index contributed by atoms with van der Waals surface area (Å²) in [5.74, 6) is -1.75. The maximum Gasteiger partial charge on any atom is 0.335 e. The van der Waals surface area contributed by atoms with Gasteiger partial charge in [-0.2, -0.15) is 0 Å².